The number of hydrogen-bond donors (Lipinski definition) is 0. The van der Waals surface area contributed by atoms with Gasteiger partial charge in [-0.25, -0.2) is 0 Å². The Balaban J connectivity index is 1.64. The normalized spacial score (nSPS) is 14.8. The molecule has 1 fully saturated rings. The number of ketones is 1. The molecule has 0 bridgehead atoms. The summed E-state index contributed by atoms with van der Waals surface area (Å²) in [6.45, 7) is 2.23. The van der Waals surface area contributed by atoms with Crippen molar-refractivity contribution in [3.05, 3.63) is 65.7 Å². The van der Waals surface area contributed by atoms with Crippen LogP contribution in [0.25, 0.3) is 6.08 Å². The Labute approximate surface area is 143 Å². The molecule has 3 rings (SSSR count). The minimum atomic E-state index is 0.0241. The van der Waals surface area contributed by atoms with E-state index in [1.165, 1.54) is 24.9 Å². The predicted octanol–water partition coefficient (Wildman–Crippen LogP) is 4.58. The number of carbonyl (C=O) groups is 1. The first-order valence-electron chi connectivity index (χ1n) is 8.48. The number of anilines is 1. The lowest BCUT2D eigenvalue weighted by molar-refractivity contribution is 0.104. The molecule has 0 spiro atoms. The van der Waals surface area contributed by atoms with E-state index in [9.17, 15) is 4.79 Å². The molecule has 0 radical (unpaired) electrons. The summed E-state index contributed by atoms with van der Waals surface area (Å²) in [5.41, 5.74) is 2.92. The van der Waals surface area contributed by atoms with Crippen molar-refractivity contribution < 1.29 is 9.53 Å². The van der Waals surface area contributed by atoms with Gasteiger partial charge in [0, 0.05) is 24.3 Å². The molecule has 0 N–H and O–H groups in total. The third kappa shape index (κ3) is 4.05. The van der Waals surface area contributed by atoms with Crippen LogP contribution in [0, 0.1) is 0 Å². The molecule has 1 saturated heterocycles. The highest BCUT2D eigenvalue weighted by molar-refractivity contribution is 6.06. The Morgan fingerprint density at radius 3 is 2.25 bits per heavy atom. The largest absolute Gasteiger partial charge is 0.497 e. The van der Waals surface area contributed by atoms with Gasteiger partial charge in [-0.3, -0.25) is 4.79 Å². The third-order valence-corrected chi connectivity index (χ3v) is 4.42. The van der Waals surface area contributed by atoms with E-state index in [2.05, 4.69) is 17.0 Å². The summed E-state index contributed by atoms with van der Waals surface area (Å²) in [6.07, 6.45) is 7.29. The number of carbonyl (C=O) groups excluding carboxylic acids is 1. The van der Waals surface area contributed by atoms with Crippen molar-refractivity contribution in [3.63, 3.8) is 0 Å². The van der Waals surface area contributed by atoms with Crippen LogP contribution >= 0.6 is 0 Å². The molecule has 0 saturated carbocycles. The van der Waals surface area contributed by atoms with E-state index in [0.717, 1.165) is 30.0 Å². The van der Waals surface area contributed by atoms with Crippen LogP contribution in [0.2, 0.25) is 0 Å². The first kappa shape index (κ1) is 16.3. The molecule has 2 aromatic rings. The van der Waals surface area contributed by atoms with Gasteiger partial charge in [0.25, 0.3) is 0 Å². The lowest BCUT2D eigenvalue weighted by atomic mass is 10.1. The van der Waals surface area contributed by atoms with E-state index in [1.807, 2.05) is 42.5 Å². The van der Waals surface area contributed by atoms with Gasteiger partial charge >= 0.3 is 0 Å². The number of allylic oxidation sites excluding steroid dienone is 1. The molecule has 1 aliphatic rings. The van der Waals surface area contributed by atoms with Crippen molar-refractivity contribution in [1.82, 2.24) is 0 Å². The van der Waals surface area contributed by atoms with Crippen LogP contribution in [0.5, 0.6) is 5.75 Å². The molecule has 24 heavy (non-hydrogen) atoms. The van der Waals surface area contributed by atoms with Crippen LogP contribution in [-0.2, 0) is 0 Å². The van der Waals surface area contributed by atoms with E-state index in [1.54, 1.807) is 13.2 Å². The molecule has 0 aliphatic carbocycles. The maximum absolute atomic E-state index is 12.3. The third-order valence-electron chi connectivity index (χ3n) is 4.42. The molecule has 1 heterocycles. The van der Waals surface area contributed by atoms with Crippen molar-refractivity contribution in [2.75, 3.05) is 25.1 Å². The van der Waals surface area contributed by atoms with Crippen molar-refractivity contribution in [2.24, 2.45) is 0 Å². The van der Waals surface area contributed by atoms with Crippen LogP contribution in [0.15, 0.2) is 54.6 Å². The zero-order chi connectivity index (χ0) is 16.8. The number of piperidine rings is 1. The fourth-order valence-corrected chi connectivity index (χ4v) is 2.97. The molecule has 124 valence electrons. The fourth-order valence-electron chi connectivity index (χ4n) is 2.97. The fraction of sp³-hybridized carbons (Fsp3) is 0.286. The Morgan fingerprint density at radius 2 is 1.62 bits per heavy atom. The molecule has 1 aliphatic heterocycles. The number of hydrogen-bond acceptors (Lipinski definition) is 3. The van der Waals surface area contributed by atoms with E-state index in [4.69, 9.17) is 4.74 Å². The molecular weight excluding hydrogens is 298 g/mol. The summed E-state index contributed by atoms with van der Waals surface area (Å²) in [7, 11) is 1.64. The standard InChI is InChI=1S/C21H23NO2/c1-24-20-12-5-17(6-13-20)7-14-21(23)18-8-10-19(11-9-18)22-15-3-2-4-16-22/h5-14H,2-4,15-16H2,1H3/b14-7+. The van der Waals surface area contributed by atoms with E-state index in [0.29, 0.717) is 0 Å². The SMILES string of the molecule is COc1ccc(/C=C/C(=O)c2ccc(N3CCCCC3)cc2)cc1. The highest BCUT2D eigenvalue weighted by Crippen LogP contribution is 2.20. The molecule has 0 unspecified atom stereocenters. The Kier molecular flexibility index (Phi) is 5.32. The summed E-state index contributed by atoms with van der Waals surface area (Å²) in [4.78, 5) is 14.7. The number of ether oxygens (including phenoxy) is 1. The number of benzene rings is 2. The summed E-state index contributed by atoms with van der Waals surface area (Å²) in [5, 5.41) is 0. The van der Waals surface area contributed by atoms with Crippen LogP contribution in [0.3, 0.4) is 0 Å². The van der Waals surface area contributed by atoms with Crippen LogP contribution < -0.4 is 9.64 Å². The lowest BCUT2D eigenvalue weighted by Crippen LogP contribution is -2.29. The maximum atomic E-state index is 12.3. The van der Waals surface area contributed by atoms with Crippen molar-refractivity contribution in [3.8, 4) is 5.75 Å². The monoisotopic (exact) mass is 321 g/mol. The molecule has 0 aromatic heterocycles. The van der Waals surface area contributed by atoms with Gasteiger partial charge in [0.15, 0.2) is 5.78 Å². The topological polar surface area (TPSA) is 29.5 Å². The highest BCUT2D eigenvalue weighted by Gasteiger charge is 2.11. The summed E-state index contributed by atoms with van der Waals surface area (Å²) >= 11 is 0. The Hall–Kier alpha value is -2.55. The van der Waals surface area contributed by atoms with E-state index in [-0.39, 0.29) is 5.78 Å². The zero-order valence-corrected chi connectivity index (χ0v) is 14.1. The quantitative estimate of drug-likeness (QED) is 0.596. The van der Waals surface area contributed by atoms with Crippen molar-refractivity contribution >= 4 is 17.5 Å². The first-order chi connectivity index (χ1) is 11.8. The Morgan fingerprint density at radius 1 is 0.958 bits per heavy atom. The number of nitrogens with zero attached hydrogens (tertiary/aromatic N) is 1. The van der Waals surface area contributed by atoms with E-state index >= 15 is 0 Å². The van der Waals surface area contributed by atoms with Crippen LogP contribution in [0.4, 0.5) is 5.69 Å². The Bertz CT molecular complexity index is 696. The second-order valence-electron chi connectivity index (χ2n) is 6.07. The zero-order valence-electron chi connectivity index (χ0n) is 14.1. The predicted molar refractivity (Wildman–Crippen MR) is 98.9 cm³/mol. The molecule has 0 atom stereocenters. The maximum Gasteiger partial charge on any atom is 0.185 e. The molecular formula is C21H23NO2. The molecule has 3 nitrogen and oxygen atoms in total. The van der Waals surface area contributed by atoms with Gasteiger partial charge < -0.3 is 9.64 Å². The van der Waals surface area contributed by atoms with Gasteiger partial charge in [0.05, 0.1) is 7.11 Å². The van der Waals surface area contributed by atoms with Gasteiger partial charge in [-0.05, 0) is 67.3 Å². The van der Waals surface area contributed by atoms with Gasteiger partial charge in [0.1, 0.15) is 5.75 Å². The number of methoxy groups -OCH3 is 1. The van der Waals surface area contributed by atoms with Gasteiger partial charge in [-0.1, -0.05) is 18.2 Å². The summed E-state index contributed by atoms with van der Waals surface area (Å²) < 4.78 is 5.13. The minimum absolute atomic E-state index is 0.0241. The second-order valence-corrected chi connectivity index (χ2v) is 6.07. The molecule has 2 aromatic carbocycles. The number of rotatable bonds is 5. The molecule has 3 heteroatoms. The van der Waals surface area contributed by atoms with Crippen molar-refractivity contribution in [2.45, 2.75) is 19.3 Å². The highest BCUT2D eigenvalue weighted by atomic mass is 16.5. The van der Waals surface area contributed by atoms with E-state index < -0.39 is 0 Å². The minimum Gasteiger partial charge on any atom is -0.497 e. The average molecular weight is 321 g/mol. The average Bonchev–Trinajstić information content (AvgIpc) is 2.67. The van der Waals surface area contributed by atoms with Gasteiger partial charge in [0.2, 0.25) is 0 Å². The van der Waals surface area contributed by atoms with Crippen molar-refractivity contribution in [1.29, 1.82) is 0 Å². The smallest absolute Gasteiger partial charge is 0.185 e. The summed E-state index contributed by atoms with van der Waals surface area (Å²) in [6, 6.07) is 15.6. The summed E-state index contributed by atoms with van der Waals surface area (Å²) in [5.74, 6) is 0.836. The first-order valence-corrected chi connectivity index (χ1v) is 8.48. The molecule has 0 amide bonds. The lowest BCUT2D eigenvalue weighted by Gasteiger charge is -2.28. The van der Waals surface area contributed by atoms with Gasteiger partial charge in [-0.15, -0.1) is 0 Å². The van der Waals surface area contributed by atoms with Gasteiger partial charge in [-0.2, -0.15) is 0 Å². The second kappa shape index (κ2) is 7.82. The van der Waals surface area contributed by atoms with Crippen LogP contribution in [0.1, 0.15) is 35.2 Å². The van der Waals surface area contributed by atoms with Crippen LogP contribution in [-0.4, -0.2) is 26.0 Å².